The normalized spacial score (nSPS) is 17.9. The van der Waals surface area contributed by atoms with E-state index in [9.17, 15) is 0 Å². The average Bonchev–Trinajstić information content (AvgIpc) is 3.02. The van der Waals surface area contributed by atoms with E-state index in [4.69, 9.17) is 5.84 Å². The molecule has 0 saturated heterocycles. The van der Waals surface area contributed by atoms with Crippen LogP contribution in [0.25, 0.3) is 0 Å². The van der Waals surface area contributed by atoms with Crippen molar-refractivity contribution in [1.29, 1.82) is 0 Å². The van der Waals surface area contributed by atoms with Crippen molar-refractivity contribution in [1.82, 2.24) is 15.7 Å². The van der Waals surface area contributed by atoms with Gasteiger partial charge in [0.25, 0.3) is 0 Å². The summed E-state index contributed by atoms with van der Waals surface area (Å²) >= 11 is 1.73. The van der Waals surface area contributed by atoms with Gasteiger partial charge in [-0.1, -0.05) is 6.92 Å². The summed E-state index contributed by atoms with van der Waals surface area (Å²) in [7, 11) is 0. The molecule has 0 radical (unpaired) electrons. The fraction of sp³-hybridized carbons (Fsp3) is 0.636. The molecule has 0 spiro atoms. The molecular weight excluding hydrogens is 234 g/mol. The Morgan fingerprint density at radius 1 is 1.71 bits per heavy atom. The van der Waals surface area contributed by atoms with Crippen molar-refractivity contribution in [2.45, 2.75) is 45.2 Å². The molecule has 1 atom stereocenters. The predicted molar refractivity (Wildman–Crippen MR) is 70.8 cm³/mol. The number of guanidine groups is 1. The third-order valence-electron chi connectivity index (χ3n) is 2.64. The molecule has 1 aromatic rings. The van der Waals surface area contributed by atoms with Crippen molar-refractivity contribution in [3.8, 4) is 0 Å². The third-order valence-corrected chi connectivity index (χ3v) is 3.96. The Hall–Kier alpha value is -1.14. The summed E-state index contributed by atoms with van der Waals surface area (Å²) in [5.74, 6) is 6.11. The molecule has 1 aromatic heterocycles. The summed E-state index contributed by atoms with van der Waals surface area (Å²) in [5.41, 5.74) is 2.61. The minimum Gasteiger partial charge on any atom is -0.346 e. The average molecular weight is 253 g/mol. The largest absolute Gasteiger partial charge is 0.346 e. The van der Waals surface area contributed by atoms with E-state index in [0.29, 0.717) is 12.0 Å². The lowest BCUT2D eigenvalue weighted by Crippen LogP contribution is -2.42. The van der Waals surface area contributed by atoms with Crippen LogP contribution in [-0.2, 0) is 6.42 Å². The Labute approximate surface area is 106 Å². The van der Waals surface area contributed by atoms with E-state index < -0.39 is 0 Å². The number of nitrogens with two attached hydrogens (primary N) is 1. The van der Waals surface area contributed by atoms with Gasteiger partial charge in [-0.25, -0.2) is 15.8 Å². The van der Waals surface area contributed by atoms with Gasteiger partial charge in [0.2, 0.25) is 5.96 Å². The van der Waals surface area contributed by atoms with Crippen LogP contribution >= 0.6 is 11.3 Å². The minimum absolute atomic E-state index is 0.133. The molecule has 1 aliphatic carbocycles. The van der Waals surface area contributed by atoms with Gasteiger partial charge in [-0.3, -0.25) is 5.43 Å². The highest BCUT2D eigenvalue weighted by Crippen LogP contribution is 2.24. The van der Waals surface area contributed by atoms with Crippen LogP contribution in [-0.4, -0.2) is 17.0 Å². The van der Waals surface area contributed by atoms with Gasteiger partial charge in [0.05, 0.1) is 12.1 Å². The molecule has 94 valence electrons. The molecule has 0 amide bonds. The zero-order chi connectivity index (χ0) is 12.3. The van der Waals surface area contributed by atoms with Gasteiger partial charge in [0.1, 0.15) is 5.01 Å². The van der Waals surface area contributed by atoms with E-state index in [2.05, 4.69) is 34.6 Å². The zero-order valence-corrected chi connectivity index (χ0v) is 11.0. The summed E-state index contributed by atoms with van der Waals surface area (Å²) in [6.45, 7) is 4.20. The van der Waals surface area contributed by atoms with Gasteiger partial charge in [0.15, 0.2) is 0 Å². The second kappa shape index (κ2) is 5.46. The smallest absolute Gasteiger partial charge is 0.206 e. The highest BCUT2D eigenvalue weighted by molar-refractivity contribution is 7.11. The quantitative estimate of drug-likeness (QED) is 0.327. The van der Waals surface area contributed by atoms with Crippen molar-refractivity contribution in [3.05, 3.63) is 16.1 Å². The fourth-order valence-electron chi connectivity index (χ4n) is 1.46. The van der Waals surface area contributed by atoms with Crippen LogP contribution in [0.5, 0.6) is 0 Å². The number of aromatic nitrogens is 1. The van der Waals surface area contributed by atoms with Gasteiger partial charge >= 0.3 is 0 Å². The second-order valence-electron chi connectivity index (χ2n) is 4.24. The van der Waals surface area contributed by atoms with E-state index in [1.54, 1.807) is 11.3 Å². The molecule has 1 aliphatic rings. The number of rotatable bonds is 4. The Balaban J connectivity index is 1.96. The topological polar surface area (TPSA) is 75.3 Å². The minimum atomic E-state index is 0.133. The molecule has 1 fully saturated rings. The molecule has 2 rings (SSSR count). The number of thiazole rings is 1. The van der Waals surface area contributed by atoms with Gasteiger partial charge in [0, 0.05) is 11.1 Å². The first-order chi connectivity index (χ1) is 8.22. The highest BCUT2D eigenvalue weighted by Gasteiger charge is 2.21. The third kappa shape index (κ3) is 3.41. The maximum absolute atomic E-state index is 5.45. The van der Waals surface area contributed by atoms with Gasteiger partial charge < -0.3 is 5.32 Å². The summed E-state index contributed by atoms with van der Waals surface area (Å²) < 4.78 is 0. The SMILES string of the molecule is CCc1cnc(C(C)NC(=NC2CC2)NN)s1. The lowest BCUT2D eigenvalue weighted by Gasteiger charge is -2.14. The van der Waals surface area contributed by atoms with E-state index in [0.717, 1.165) is 11.4 Å². The lowest BCUT2D eigenvalue weighted by molar-refractivity contribution is 0.682. The number of hydrogen-bond acceptors (Lipinski definition) is 4. The Morgan fingerprint density at radius 3 is 3.00 bits per heavy atom. The molecule has 17 heavy (non-hydrogen) atoms. The summed E-state index contributed by atoms with van der Waals surface area (Å²) in [6, 6.07) is 0.581. The molecule has 1 heterocycles. The molecule has 1 unspecified atom stereocenters. The Bertz CT molecular complexity index is 396. The first-order valence-electron chi connectivity index (χ1n) is 5.98. The number of aliphatic imine (C=N–C) groups is 1. The zero-order valence-electron chi connectivity index (χ0n) is 10.2. The molecular formula is C11H19N5S. The number of aryl methyl sites for hydroxylation is 1. The monoisotopic (exact) mass is 253 g/mol. The molecule has 4 N–H and O–H groups in total. The van der Waals surface area contributed by atoms with Gasteiger partial charge in [-0.05, 0) is 26.2 Å². The molecule has 0 aliphatic heterocycles. The van der Waals surface area contributed by atoms with E-state index in [-0.39, 0.29) is 6.04 Å². The van der Waals surface area contributed by atoms with E-state index >= 15 is 0 Å². The van der Waals surface area contributed by atoms with Crippen LogP contribution in [0.4, 0.5) is 0 Å². The highest BCUT2D eigenvalue weighted by atomic mass is 32.1. The van der Waals surface area contributed by atoms with Crippen LogP contribution < -0.4 is 16.6 Å². The van der Waals surface area contributed by atoms with Crippen LogP contribution in [0.15, 0.2) is 11.2 Å². The van der Waals surface area contributed by atoms with Crippen molar-refractivity contribution in [2.75, 3.05) is 0 Å². The van der Waals surface area contributed by atoms with Crippen molar-refractivity contribution in [2.24, 2.45) is 10.8 Å². The van der Waals surface area contributed by atoms with E-state index in [1.165, 1.54) is 17.7 Å². The summed E-state index contributed by atoms with van der Waals surface area (Å²) in [6.07, 6.45) is 5.30. The van der Waals surface area contributed by atoms with Gasteiger partial charge in [-0.2, -0.15) is 0 Å². The molecule has 5 nitrogen and oxygen atoms in total. The predicted octanol–water partition coefficient (Wildman–Crippen LogP) is 1.34. The number of hydrazine groups is 1. The lowest BCUT2D eigenvalue weighted by atomic mass is 10.3. The van der Waals surface area contributed by atoms with Crippen LogP contribution in [0.1, 0.15) is 42.6 Å². The van der Waals surface area contributed by atoms with Crippen LogP contribution in [0.2, 0.25) is 0 Å². The number of nitrogens with zero attached hydrogens (tertiary/aromatic N) is 2. The molecule has 0 bridgehead atoms. The maximum atomic E-state index is 5.45. The fourth-order valence-corrected chi connectivity index (χ4v) is 2.31. The Morgan fingerprint density at radius 2 is 2.47 bits per heavy atom. The van der Waals surface area contributed by atoms with E-state index in [1.807, 2.05) is 6.20 Å². The molecule has 0 aromatic carbocycles. The summed E-state index contributed by atoms with van der Waals surface area (Å²) in [4.78, 5) is 10.1. The molecule has 6 heteroatoms. The second-order valence-corrected chi connectivity index (χ2v) is 5.38. The van der Waals surface area contributed by atoms with Crippen LogP contribution in [0.3, 0.4) is 0 Å². The van der Waals surface area contributed by atoms with Crippen LogP contribution in [0, 0.1) is 0 Å². The van der Waals surface area contributed by atoms with Crippen molar-refractivity contribution in [3.63, 3.8) is 0 Å². The first kappa shape index (κ1) is 12.3. The molecule has 1 saturated carbocycles. The number of hydrogen-bond donors (Lipinski definition) is 3. The first-order valence-corrected chi connectivity index (χ1v) is 6.80. The van der Waals surface area contributed by atoms with Crippen molar-refractivity contribution >= 4 is 17.3 Å². The Kier molecular flexibility index (Phi) is 3.96. The summed E-state index contributed by atoms with van der Waals surface area (Å²) in [5, 5.41) is 4.32. The number of nitrogens with one attached hydrogen (secondary N) is 2. The van der Waals surface area contributed by atoms with Gasteiger partial charge in [-0.15, -0.1) is 11.3 Å². The standard InChI is InChI=1S/C11H19N5S/c1-3-9-6-13-10(17-9)7(2)14-11(16-12)15-8-4-5-8/h6-8H,3-5,12H2,1-2H3,(H2,14,15,16). The van der Waals surface area contributed by atoms with Crippen molar-refractivity contribution < 1.29 is 0 Å². The maximum Gasteiger partial charge on any atom is 0.206 e.